The normalized spacial score (nSPS) is 12.9. The second kappa shape index (κ2) is 11.2. The van der Waals surface area contributed by atoms with Gasteiger partial charge in [-0.1, -0.05) is 37.3 Å². The van der Waals surface area contributed by atoms with Crippen molar-refractivity contribution >= 4 is 18.1 Å². The van der Waals surface area contributed by atoms with Gasteiger partial charge in [-0.25, -0.2) is 20.0 Å². The van der Waals surface area contributed by atoms with E-state index in [-0.39, 0.29) is 18.1 Å². The van der Waals surface area contributed by atoms with E-state index in [4.69, 9.17) is 9.47 Å². The lowest BCUT2D eigenvalue weighted by Gasteiger charge is -2.36. The highest BCUT2D eigenvalue weighted by Crippen LogP contribution is 2.24. The van der Waals surface area contributed by atoms with Gasteiger partial charge < -0.3 is 14.8 Å². The first-order valence-electron chi connectivity index (χ1n) is 9.44. The number of rotatable bonds is 7. The second-order valence-corrected chi connectivity index (χ2v) is 6.93. The zero-order chi connectivity index (χ0) is 21.3. The summed E-state index contributed by atoms with van der Waals surface area (Å²) in [6.07, 6.45) is -1.80. The summed E-state index contributed by atoms with van der Waals surface area (Å²) < 4.78 is 10.4. The average molecular weight is 393 g/mol. The van der Waals surface area contributed by atoms with Crippen molar-refractivity contribution < 1.29 is 23.9 Å². The number of carbonyl (C=O) groups is 3. The number of nitrogens with zero attached hydrogens (tertiary/aromatic N) is 1. The van der Waals surface area contributed by atoms with Crippen molar-refractivity contribution in [2.75, 3.05) is 0 Å². The summed E-state index contributed by atoms with van der Waals surface area (Å²) in [5, 5.41) is 3.96. The Labute approximate surface area is 166 Å². The Kier molecular flexibility index (Phi) is 9.27. The third-order valence-corrected chi connectivity index (χ3v) is 3.74. The maximum Gasteiger partial charge on any atom is 0.429 e. The maximum absolute atomic E-state index is 12.7. The van der Waals surface area contributed by atoms with E-state index in [1.165, 1.54) is 6.92 Å². The summed E-state index contributed by atoms with van der Waals surface area (Å²) in [5.41, 5.74) is 3.27. The predicted molar refractivity (Wildman–Crippen MR) is 105 cm³/mol. The molecule has 1 rings (SSSR count). The molecule has 2 atom stereocenters. The Morgan fingerprint density at radius 2 is 1.57 bits per heavy atom. The molecule has 0 saturated heterocycles. The summed E-state index contributed by atoms with van der Waals surface area (Å²) in [6.45, 7) is 10.1. The molecule has 8 heteroatoms. The molecule has 0 heterocycles. The number of amides is 3. The minimum absolute atomic E-state index is 0.255. The van der Waals surface area contributed by atoms with Crippen LogP contribution in [0.2, 0.25) is 0 Å². The number of nitrogens with one attached hydrogen (secondary N) is 2. The monoisotopic (exact) mass is 393 g/mol. The third kappa shape index (κ3) is 7.46. The lowest BCUT2D eigenvalue weighted by molar-refractivity contribution is -0.120. The molecule has 0 saturated carbocycles. The van der Waals surface area contributed by atoms with Gasteiger partial charge in [0.15, 0.2) is 0 Å². The summed E-state index contributed by atoms with van der Waals surface area (Å²) >= 11 is 0. The van der Waals surface area contributed by atoms with Crippen molar-refractivity contribution in [2.24, 2.45) is 0 Å². The van der Waals surface area contributed by atoms with Crippen molar-refractivity contribution in [3.05, 3.63) is 35.9 Å². The minimum Gasteiger partial charge on any atom is -0.446 e. The fourth-order valence-corrected chi connectivity index (χ4v) is 2.71. The van der Waals surface area contributed by atoms with E-state index in [0.717, 1.165) is 10.6 Å². The zero-order valence-corrected chi connectivity index (χ0v) is 17.4. The molecule has 156 valence electrons. The SMILES string of the molecule is CC[C@@H]([C@@H](NC(C)=O)c1ccccc1)N(NC(=O)OC(C)C)C(=O)OC(C)C. The molecule has 0 fully saturated rings. The molecule has 1 aromatic carbocycles. The number of carbonyl (C=O) groups excluding carboxylic acids is 3. The topological polar surface area (TPSA) is 97.0 Å². The second-order valence-electron chi connectivity index (χ2n) is 6.93. The molecule has 0 bridgehead atoms. The van der Waals surface area contributed by atoms with Gasteiger partial charge in [0.05, 0.1) is 24.3 Å². The molecule has 2 N–H and O–H groups in total. The molecule has 0 unspecified atom stereocenters. The molecule has 0 aromatic heterocycles. The van der Waals surface area contributed by atoms with Gasteiger partial charge in [-0.3, -0.25) is 4.79 Å². The van der Waals surface area contributed by atoms with Crippen molar-refractivity contribution in [1.29, 1.82) is 0 Å². The van der Waals surface area contributed by atoms with Crippen LogP contribution in [0.15, 0.2) is 30.3 Å². The first-order valence-corrected chi connectivity index (χ1v) is 9.44. The van der Waals surface area contributed by atoms with E-state index in [2.05, 4.69) is 10.7 Å². The van der Waals surface area contributed by atoms with Crippen molar-refractivity contribution in [3.8, 4) is 0 Å². The Morgan fingerprint density at radius 1 is 1.00 bits per heavy atom. The Balaban J connectivity index is 3.26. The lowest BCUT2D eigenvalue weighted by Crippen LogP contribution is -2.57. The molecule has 0 spiro atoms. The van der Waals surface area contributed by atoms with Gasteiger partial charge in [-0.2, -0.15) is 0 Å². The number of hydrogen-bond acceptors (Lipinski definition) is 5. The van der Waals surface area contributed by atoms with E-state index in [1.54, 1.807) is 27.7 Å². The van der Waals surface area contributed by atoms with Gasteiger partial charge in [0.25, 0.3) is 0 Å². The van der Waals surface area contributed by atoms with Crippen LogP contribution in [0.5, 0.6) is 0 Å². The van der Waals surface area contributed by atoms with Gasteiger partial charge in [0, 0.05) is 6.92 Å². The van der Waals surface area contributed by atoms with Crippen LogP contribution in [-0.2, 0) is 14.3 Å². The van der Waals surface area contributed by atoms with E-state index >= 15 is 0 Å². The highest BCUT2D eigenvalue weighted by atomic mass is 16.6. The fourth-order valence-electron chi connectivity index (χ4n) is 2.71. The molecular formula is C20H31N3O5. The van der Waals surface area contributed by atoms with Crippen LogP contribution in [0, 0.1) is 0 Å². The van der Waals surface area contributed by atoms with Crippen molar-refractivity contribution in [3.63, 3.8) is 0 Å². The molecule has 28 heavy (non-hydrogen) atoms. The predicted octanol–water partition coefficient (Wildman–Crippen LogP) is 3.54. The third-order valence-electron chi connectivity index (χ3n) is 3.74. The molecule has 1 aromatic rings. The molecule has 8 nitrogen and oxygen atoms in total. The zero-order valence-electron chi connectivity index (χ0n) is 17.4. The number of benzene rings is 1. The van der Waals surface area contributed by atoms with Crippen LogP contribution >= 0.6 is 0 Å². The Hall–Kier alpha value is -2.77. The van der Waals surface area contributed by atoms with E-state index < -0.39 is 24.3 Å². The van der Waals surface area contributed by atoms with Gasteiger partial charge in [0.2, 0.25) is 5.91 Å². The van der Waals surface area contributed by atoms with Gasteiger partial charge in [0.1, 0.15) is 0 Å². The van der Waals surface area contributed by atoms with Crippen LogP contribution in [0.4, 0.5) is 9.59 Å². The van der Waals surface area contributed by atoms with Gasteiger partial charge >= 0.3 is 12.2 Å². The highest BCUT2D eigenvalue weighted by molar-refractivity contribution is 5.75. The smallest absolute Gasteiger partial charge is 0.429 e. The summed E-state index contributed by atoms with van der Waals surface area (Å²) in [6, 6.07) is 8.09. The Morgan fingerprint density at radius 3 is 2.04 bits per heavy atom. The van der Waals surface area contributed by atoms with Crippen LogP contribution in [-0.4, -0.2) is 41.4 Å². The van der Waals surface area contributed by atoms with Crippen LogP contribution < -0.4 is 10.7 Å². The Bertz CT molecular complexity index is 649. The number of ether oxygens (including phenoxy) is 2. The largest absolute Gasteiger partial charge is 0.446 e. The lowest BCUT2D eigenvalue weighted by atomic mass is 9.96. The van der Waals surface area contributed by atoms with Crippen molar-refractivity contribution in [2.45, 2.75) is 72.3 Å². The molecule has 0 aliphatic heterocycles. The van der Waals surface area contributed by atoms with E-state index in [0.29, 0.717) is 6.42 Å². The highest BCUT2D eigenvalue weighted by Gasteiger charge is 2.34. The van der Waals surface area contributed by atoms with Gasteiger partial charge in [-0.15, -0.1) is 0 Å². The molecule has 0 aliphatic rings. The molecular weight excluding hydrogens is 362 g/mol. The first kappa shape index (κ1) is 23.3. The quantitative estimate of drug-likeness (QED) is 0.691. The minimum atomic E-state index is -0.774. The summed E-state index contributed by atoms with van der Waals surface area (Å²) in [5.74, 6) is -0.255. The molecule has 0 aliphatic carbocycles. The van der Waals surface area contributed by atoms with Gasteiger partial charge in [-0.05, 0) is 39.7 Å². The fraction of sp³-hybridized carbons (Fsp3) is 0.550. The number of hydrazine groups is 1. The maximum atomic E-state index is 12.7. The average Bonchev–Trinajstić information content (AvgIpc) is 2.59. The van der Waals surface area contributed by atoms with E-state index in [9.17, 15) is 14.4 Å². The number of hydrogen-bond donors (Lipinski definition) is 2. The van der Waals surface area contributed by atoms with Crippen LogP contribution in [0.1, 0.15) is 59.6 Å². The van der Waals surface area contributed by atoms with Crippen LogP contribution in [0.3, 0.4) is 0 Å². The molecule has 0 radical (unpaired) electrons. The first-order chi connectivity index (χ1) is 13.1. The molecule has 3 amide bonds. The standard InChI is InChI=1S/C20H31N3O5/c1-7-17(18(21-15(6)24)16-11-9-8-10-12-16)23(20(26)28-14(4)5)22-19(25)27-13(2)3/h8-14,17-18H,7H2,1-6H3,(H,21,24)(H,22,25)/t17-,18-/m0/s1. The van der Waals surface area contributed by atoms with E-state index in [1.807, 2.05) is 37.3 Å². The summed E-state index contributed by atoms with van der Waals surface area (Å²) in [4.78, 5) is 36.7. The van der Waals surface area contributed by atoms with Crippen molar-refractivity contribution in [1.82, 2.24) is 15.8 Å². The van der Waals surface area contributed by atoms with Crippen LogP contribution in [0.25, 0.3) is 0 Å². The summed E-state index contributed by atoms with van der Waals surface area (Å²) in [7, 11) is 0.